The summed E-state index contributed by atoms with van der Waals surface area (Å²) in [5.74, 6) is -0.101. The van der Waals surface area contributed by atoms with Crippen molar-refractivity contribution in [3.8, 4) is 5.75 Å². The molecule has 3 aromatic heterocycles. The van der Waals surface area contributed by atoms with Crippen LogP contribution in [0.3, 0.4) is 0 Å². The van der Waals surface area contributed by atoms with Gasteiger partial charge in [-0.2, -0.15) is 0 Å². The number of aromatic amines is 1. The van der Waals surface area contributed by atoms with Crippen molar-refractivity contribution in [2.45, 2.75) is 31.7 Å². The van der Waals surface area contributed by atoms with Gasteiger partial charge in [0, 0.05) is 12.7 Å². The molecule has 0 bridgehead atoms. The second-order valence-corrected chi connectivity index (χ2v) is 9.64. The van der Waals surface area contributed by atoms with Crippen molar-refractivity contribution in [3.05, 3.63) is 52.7 Å². The van der Waals surface area contributed by atoms with E-state index in [0.717, 1.165) is 6.42 Å². The number of hydrogen-bond acceptors (Lipinski definition) is 8. The zero-order chi connectivity index (χ0) is 22.6. The third-order valence-corrected chi connectivity index (χ3v) is 6.79. The van der Waals surface area contributed by atoms with Gasteiger partial charge in [-0.15, -0.1) is 4.40 Å². The van der Waals surface area contributed by atoms with Gasteiger partial charge in [0.2, 0.25) is 0 Å². The van der Waals surface area contributed by atoms with E-state index in [-0.39, 0.29) is 22.0 Å². The molecule has 4 heterocycles. The molecular weight excluding hydrogens is 432 g/mol. The maximum Gasteiger partial charge on any atom is 0.267 e. The molecule has 4 aromatic rings. The van der Waals surface area contributed by atoms with Gasteiger partial charge < -0.3 is 15.4 Å². The molecule has 0 unspecified atom stereocenters. The largest absolute Gasteiger partial charge is 0.506 e. The fourth-order valence-electron chi connectivity index (χ4n) is 3.81. The summed E-state index contributed by atoms with van der Waals surface area (Å²) in [6, 6.07) is 6.65. The predicted octanol–water partition coefficient (Wildman–Crippen LogP) is 3.72. The standard InChI is InChI=1S/C21H21N6O4S/c1-11(2)7-9-27-20-12(4-3-8-22-20)17(28)15(21(27)29)19-25-14-6-5-13-16(24-10-23-13)18(14)32(30,31)26-19/h3-6,8,11,28,30-31H,7,9H2,1-2H3,(H,23,24)(H,25,26). The zero-order valence-corrected chi connectivity index (χ0v) is 18.1. The molecule has 1 aromatic carbocycles. The van der Waals surface area contributed by atoms with E-state index in [2.05, 4.69) is 31.0 Å². The van der Waals surface area contributed by atoms with Gasteiger partial charge in [0.05, 0.1) is 16.6 Å². The topological polar surface area (TPSA) is 149 Å². The lowest BCUT2D eigenvalue weighted by Crippen LogP contribution is -2.32. The van der Waals surface area contributed by atoms with E-state index in [1.165, 1.54) is 4.57 Å². The molecule has 1 radical (unpaired) electrons. The molecule has 0 aliphatic carbocycles. The Kier molecular flexibility index (Phi) is 4.69. The Morgan fingerprint density at radius 1 is 1.25 bits per heavy atom. The number of benzene rings is 1. The normalized spacial score (nSPS) is 16.1. The average Bonchev–Trinajstić information content (AvgIpc) is 3.21. The number of aromatic nitrogens is 4. The number of rotatable bonds is 4. The summed E-state index contributed by atoms with van der Waals surface area (Å²) in [6.45, 7) is 4.49. The van der Waals surface area contributed by atoms with Crippen LogP contribution in [0.1, 0.15) is 25.8 Å². The molecule has 0 saturated heterocycles. The third kappa shape index (κ3) is 3.13. The number of fused-ring (bicyclic) bond motifs is 4. The first-order valence-corrected chi connectivity index (χ1v) is 11.5. The van der Waals surface area contributed by atoms with Crippen LogP contribution < -0.4 is 10.9 Å². The van der Waals surface area contributed by atoms with Gasteiger partial charge in [0.1, 0.15) is 27.4 Å². The highest BCUT2D eigenvalue weighted by molar-refractivity contribution is 8.23. The van der Waals surface area contributed by atoms with Crippen molar-refractivity contribution in [1.82, 2.24) is 19.5 Å². The first-order chi connectivity index (χ1) is 15.3. The number of aryl methyl sites for hydroxylation is 1. The SMILES string of the molecule is CC(C)CCn1c(=O)c(C2=NS(O)(O)c3c(ccc4[nH][c]nc34)N2)c(O)c2cccnc21. The smallest absolute Gasteiger partial charge is 0.267 e. The summed E-state index contributed by atoms with van der Waals surface area (Å²) >= 11 is 0. The molecule has 165 valence electrons. The highest BCUT2D eigenvalue weighted by Gasteiger charge is 2.33. The lowest BCUT2D eigenvalue weighted by Gasteiger charge is -2.34. The van der Waals surface area contributed by atoms with Crippen LogP contribution in [0.15, 0.2) is 44.6 Å². The van der Waals surface area contributed by atoms with Gasteiger partial charge in [-0.25, -0.2) is 9.97 Å². The van der Waals surface area contributed by atoms with E-state index in [0.29, 0.717) is 40.2 Å². The second-order valence-electron chi connectivity index (χ2n) is 8.01. The summed E-state index contributed by atoms with van der Waals surface area (Å²) in [7, 11) is -3.71. The van der Waals surface area contributed by atoms with Crippen molar-refractivity contribution in [3.63, 3.8) is 0 Å². The minimum atomic E-state index is -3.71. The van der Waals surface area contributed by atoms with Crippen LogP contribution in [-0.2, 0) is 6.54 Å². The van der Waals surface area contributed by atoms with Crippen LogP contribution in [0.2, 0.25) is 0 Å². The number of nitrogens with zero attached hydrogens (tertiary/aromatic N) is 4. The molecular formula is C21H21N6O4S. The summed E-state index contributed by atoms with van der Waals surface area (Å²) < 4.78 is 27.3. The van der Waals surface area contributed by atoms with E-state index < -0.39 is 16.3 Å². The van der Waals surface area contributed by atoms with Gasteiger partial charge in [-0.05, 0) is 36.6 Å². The molecule has 5 N–H and O–H groups in total. The molecule has 0 fully saturated rings. The molecule has 5 rings (SSSR count). The summed E-state index contributed by atoms with van der Waals surface area (Å²) in [5, 5.41) is 14.3. The number of amidine groups is 1. The summed E-state index contributed by atoms with van der Waals surface area (Å²) in [4.78, 5) is 24.7. The van der Waals surface area contributed by atoms with Crippen LogP contribution in [0.25, 0.3) is 22.1 Å². The number of hydrogen-bond donors (Lipinski definition) is 5. The van der Waals surface area contributed by atoms with Crippen LogP contribution in [0.5, 0.6) is 5.75 Å². The Morgan fingerprint density at radius 2 is 2.06 bits per heavy atom. The Balaban J connectivity index is 1.74. The summed E-state index contributed by atoms with van der Waals surface area (Å²) in [5.41, 5.74) is 0.916. The van der Waals surface area contributed by atoms with Gasteiger partial charge in [0.25, 0.3) is 5.56 Å². The van der Waals surface area contributed by atoms with E-state index in [4.69, 9.17) is 0 Å². The quantitative estimate of drug-likeness (QED) is 0.316. The highest BCUT2D eigenvalue weighted by atomic mass is 32.3. The zero-order valence-electron chi connectivity index (χ0n) is 17.3. The van der Waals surface area contributed by atoms with Crippen LogP contribution in [0.4, 0.5) is 5.69 Å². The Bertz CT molecular complexity index is 1460. The number of pyridine rings is 2. The number of nitrogens with one attached hydrogen (secondary N) is 2. The van der Waals surface area contributed by atoms with E-state index >= 15 is 0 Å². The third-order valence-electron chi connectivity index (χ3n) is 5.40. The minimum absolute atomic E-state index is 0.110. The van der Waals surface area contributed by atoms with Crippen molar-refractivity contribution < 1.29 is 14.2 Å². The molecule has 1 aliphatic rings. The van der Waals surface area contributed by atoms with E-state index in [1.807, 2.05) is 13.8 Å². The molecule has 0 spiro atoms. The highest BCUT2D eigenvalue weighted by Crippen LogP contribution is 2.57. The Labute approximate surface area is 184 Å². The Hall–Kier alpha value is -3.41. The number of aromatic hydroxyl groups is 1. The maximum atomic E-state index is 13.5. The molecule has 11 heteroatoms. The minimum Gasteiger partial charge on any atom is -0.506 e. The molecule has 0 saturated carbocycles. The van der Waals surface area contributed by atoms with Crippen molar-refractivity contribution in [2.24, 2.45) is 10.3 Å². The van der Waals surface area contributed by atoms with Crippen molar-refractivity contribution >= 4 is 44.4 Å². The van der Waals surface area contributed by atoms with Crippen molar-refractivity contribution in [2.75, 3.05) is 5.32 Å². The lowest BCUT2D eigenvalue weighted by molar-refractivity contribution is 0.473. The predicted molar refractivity (Wildman–Crippen MR) is 123 cm³/mol. The van der Waals surface area contributed by atoms with Crippen molar-refractivity contribution in [1.29, 1.82) is 0 Å². The summed E-state index contributed by atoms with van der Waals surface area (Å²) in [6.07, 6.45) is 4.86. The first-order valence-electron chi connectivity index (χ1n) is 10.0. The van der Waals surface area contributed by atoms with Crippen LogP contribution in [0, 0.1) is 12.2 Å². The van der Waals surface area contributed by atoms with Crippen LogP contribution in [-0.4, -0.2) is 39.6 Å². The van der Waals surface area contributed by atoms with Gasteiger partial charge >= 0.3 is 0 Å². The van der Waals surface area contributed by atoms with Gasteiger partial charge in [-0.1, -0.05) is 24.6 Å². The number of imidazole rings is 1. The molecule has 0 amide bonds. The second kappa shape index (κ2) is 7.33. The number of anilines is 1. The average molecular weight is 454 g/mol. The fraction of sp³-hybridized carbons (Fsp3) is 0.238. The lowest BCUT2D eigenvalue weighted by atomic mass is 10.1. The van der Waals surface area contributed by atoms with E-state index in [9.17, 15) is 19.0 Å². The molecule has 1 aliphatic heterocycles. The first kappa shape index (κ1) is 20.5. The molecule has 10 nitrogen and oxygen atoms in total. The number of H-pyrrole nitrogens is 1. The monoisotopic (exact) mass is 453 g/mol. The van der Waals surface area contributed by atoms with Gasteiger partial charge in [-0.3, -0.25) is 18.5 Å². The van der Waals surface area contributed by atoms with Crippen LogP contribution >= 0.6 is 10.8 Å². The fourth-order valence-corrected chi connectivity index (χ4v) is 5.12. The maximum absolute atomic E-state index is 13.5. The molecule has 32 heavy (non-hydrogen) atoms. The van der Waals surface area contributed by atoms with E-state index in [1.54, 1.807) is 30.5 Å². The Morgan fingerprint density at radius 3 is 2.84 bits per heavy atom. The van der Waals surface area contributed by atoms with Gasteiger partial charge in [0.15, 0.2) is 12.2 Å². The molecule has 0 atom stereocenters.